The number of ether oxygens (including phenoxy) is 2. The maximum Gasteiger partial charge on any atom is 0.224 e. The maximum absolute atomic E-state index is 5.32. The third-order valence-electron chi connectivity index (χ3n) is 2.90. The Labute approximate surface area is 124 Å². The van der Waals surface area contributed by atoms with Gasteiger partial charge in [0, 0.05) is 32.0 Å². The second-order valence-electron chi connectivity index (χ2n) is 4.35. The van der Waals surface area contributed by atoms with Crippen molar-refractivity contribution in [2.45, 2.75) is 6.54 Å². The normalized spacial score (nSPS) is 10.2. The summed E-state index contributed by atoms with van der Waals surface area (Å²) < 4.78 is 10.3. The van der Waals surface area contributed by atoms with Crippen LogP contribution in [0.15, 0.2) is 36.5 Å². The second kappa shape index (κ2) is 8.06. The molecular weight excluding hydrogens is 268 g/mol. The molecule has 0 aliphatic carbocycles. The molecule has 1 heterocycles. The van der Waals surface area contributed by atoms with Gasteiger partial charge in [-0.2, -0.15) is 4.98 Å². The van der Waals surface area contributed by atoms with Gasteiger partial charge in [0.2, 0.25) is 5.95 Å². The van der Waals surface area contributed by atoms with E-state index >= 15 is 0 Å². The van der Waals surface area contributed by atoms with E-state index in [1.807, 2.05) is 30.3 Å². The molecule has 0 unspecified atom stereocenters. The molecule has 1 aromatic heterocycles. The lowest BCUT2D eigenvalue weighted by Crippen LogP contribution is -2.10. The first-order valence-corrected chi connectivity index (χ1v) is 6.75. The third-order valence-corrected chi connectivity index (χ3v) is 2.90. The fraction of sp³-hybridized carbons (Fsp3) is 0.333. The van der Waals surface area contributed by atoms with Gasteiger partial charge in [0.1, 0.15) is 11.6 Å². The van der Waals surface area contributed by atoms with Crippen LogP contribution < -0.4 is 15.4 Å². The quantitative estimate of drug-likeness (QED) is 0.726. The molecule has 0 saturated carbocycles. The Balaban J connectivity index is 1.95. The summed E-state index contributed by atoms with van der Waals surface area (Å²) in [6, 6.07) is 9.68. The molecule has 2 N–H and O–H groups in total. The molecule has 6 nitrogen and oxygen atoms in total. The zero-order valence-corrected chi connectivity index (χ0v) is 12.3. The molecule has 112 valence electrons. The van der Waals surface area contributed by atoms with Gasteiger partial charge in [-0.1, -0.05) is 18.2 Å². The Morgan fingerprint density at radius 2 is 1.95 bits per heavy atom. The summed E-state index contributed by atoms with van der Waals surface area (Å²) >= 11 is 0. The number of nitrogens with one attached hydrogen (secondary N) is 2. The van der Waals surface area contributed by atoms with Crippen molar-refractivity contribution in [2.24, 2.45) is 0 Å². The summed E-state index contributed by atoms with van der Waals surface area (Å²) in [5.74, 6) is 2.19. The van der Waals surface area contributed by atoms with Crippen LogP contribution in [0.25, 0.3) is 0 Å². The Hall–Kier alpha value is -2.34. The zero-order chi connectivity index (χ0) is 14.9. The number of nitrogens with zero attached hydrogens (tertiary/aromatic N) is 2. The summed E-state index contributed by atoms with van der Waals surface area (Å²) in [5, 5.41) is 6.36. The van der Waals surface area contributed by atoms with Crippen LogP contribution in [0.3, 0.4) is 0 Å². The van der Waals surface area contributed by atoms with Crippen molar-refractivity contribution in [1.82, 2.24) is 9.97 Å². The van der Waals surface area contributed by atoms with Crippen molar-refractivity contribution >= 4 is 11.8 Å². The predicted molar refractivity (Wildman–Crippen MR) is 82.7 cm³/mol. The summed E-state index contributed by atoms with van der Waals surface area (Å²) in [7, 11) is 3.33. The fourth-order valence-corrected chi connectivity index (χ4v) is 1.85. The van der Waals surface area contributed by atoms with Gasteiger partial charge in [-0.25, -0.2) is 4.98 Å². The van der Waals surface area contributed by atoms with Gasteiger partial charge in [-0.15, -0.1) is 0 Å². The van der Waals surface area contributed by atoms with E-state index in [2.05, 4.69) is 20.6 Å². The Morgan fingerprint density at radius 1 is 1.10 bits per heavy atom. The molecule has 1 aromatic carbocycles. The first-order chi connectivity index (χ1) is 10.3. The highest BCUT2D eigenvalue weighted by molar-refractivity contribution is 5.41. The molecule has 0 fully saturated rings. The van der Waals surface area contributed by atoms with Crippen LogP contribution in [-0.2, 0) is 11.3 Å². The molecule has 2 rings (SSSR count). The molecule has 2 aromatic rings. The molecule has 6 heteroatoms. The Kier molecular flexibility index (Phi) is 5.78. The van der Waals surface area contributed by atoms with E-state index in [0.717, 1.165) is 17.1 Å². The first-order valence-electron chi connectivity index (χ1n) is 6.75. The van der Waals surface area contributed by atoms with E-state index < -0.39 is 0 Å². The average Bonchev–Trinajstić information content (AvgIpc) is 2.54. The van der Waals surface area contributed by atoms with Crippen LogP contribution >= 0.6 is 0 Å². The lowest BCUT2D eigenvalue weighted by Gasteiger charge is -2.10. The van der Waals surface area contributed by atoms with Gasteiger partial charge in [0.05, 0.1) is 13.7 Å². The van der Waals surface area contributed by atoms with E-state index in [0.29, 0.717) is 25.6 Å². The lowest BCUT2D eigenvalue weighted by atomic mass is 10.2. The number of hydrogen-bond donors (Lipinski definition) is 2. The van der Waals surface area contributed by atoms with Crippen LogP contribution in [0.1, 0.15) is 5.56 Å². The molecule has 0 aliphatic heterocycles. The van der Waals surface area contributed by atoms with Crippen LogP contribution in [0.4, 0.5) is 11.8 Å². The lowest BCUT2D eigenvalue weighted by molar-refractivity contribution is 0.210. The summed E-state index contributed by atoms with van der Waals surface area (Å²) in [5.41, 5.74) is 1.06. The number of methoxy groups -OCH3 is 2. The van der Waals surface area contributed by atoms with Crippen molar-refractivity contribution in [1.29, 1.82) is 0 Å². The SMILES string of the molecule is COCCNc1ccnc(NCc2ccccc2OC)n1. The number of rotatable bonds is 8. The largest absolute Gasteiger partial charge is 0.496 e. The van der Waals surface area contributed by atoms with Gasteiger partial charge >= 0.3 is 0 Å². The van der Waals surface area contributed by atoms with Gasteiger partial charge in [-0.05, 0) is 12.1 Å². The zero-order valence-electron chi connectivity index (χ0n) is 12.3. The highest BCUT2D eigenvalue weighted by Gasteiger charge is 2.03. The third kappa shape index (κ3) is 4.61. The fourth-order valence-electron chi connectivity index (χ4n) is 1.85. The molecule has 21 heavy (non-hydrogen) atoms. The van der Waals surface area contributed by atoms with Gasteiger partial charge < -0.3 is 20.1 Å². The molecule has 0 spiro atoms. The maximum atomic E-state index is 5.32. The molecule has 0 radical (unpaired) electrons. The van der Waals surface area contributed by atoms with Crippen LogP contribution in [0.5, 0.6) is 5.75 Å². The monoisotopic (exact) mass is 288 g/mol. The van der Waals surface area contributed by atoms with Crippen molar-refractivity contribution in [3.8, 4) is 5.75 Å². The second-order valence-corrected chi connectivity index (χ2v) is 4.35. The number of benzene rings is 1. The highest BCUT2D eigenvalue weighted by Crippen LogP contribution is 2.18. The van der Waals surface area contributed by atoms with Crippen LogP contribution in [0, 0.1) is 0 Å². The number of para-hydroxylation sites is 1. The van der Waals surface area contributed by atoms with Crippen molar-refractivity contribution < 1.29 is 9.47 Å². The minimum Gasteiger partial charge on any atom is -0.496 e. The van der Waals surface area contributed by atoms with Crippen molar-refractivity contribution in [3.63, 3.8) is 0 Å². The Morgan fingerprint density at radius 3 is 2.76 bits per heavy atom. The van der Waals surface area contributed by atoms with Crippen molar-refractivity contribution in [3.05, 3.63) is 42.1 Å². The van der Waals surface area contributed by atoms with E-state index in [9.17, 15) is 0 Å². The van der Waals surface area contributed by atoms with E-state index in [1.54, 1.807) is 20.4 Å². The minimum absolute atomic E-state index is 0.573. The van der Waals surface area contributed by atoms with E-state index in [-0.39, 0.29) is 0 Å². The van der Waals surface area contributed by atoms with Gasteiger partial charge in [-0.3, -0.25) is 0 Å². The molecule has 0 amide bonds. The van der Waals surface area contributed by atoms with Crippen LogP contribution in [0.2, 0.25) is 0 Å². The van der Waals surface area contributed by atoms with E-state index in [4.69, 9.17) is 9.47 Å². The van der Waals surface area contributed by atoms with Gasteiger partial charge in [0.25, 0.3) is 0 Å². The van der Waals surface area contributed by atoms with Crippen LogP contribution in [-0.4, -0.2) is 37.3 Å². The summed E-state index contributed by atoms with van der Waals surface area (Å²) in [4.78, 5) is 8.59. The van der Waals surface area contributed by atoms with Gasteiger partial charge in [0.15, 0.2) is 0 Å². The molecule has 0 bridgehead atoms. The van der Waals surface area contributed by atoms with E-state index in [1.165, 1.54) is 0 Å². The minimum atomic E-state index is 0.573. The molecule has 0 atom stereocenters. The molecule has 0 aliphatic rings. The average molecular weight is 288 g/mol. The smallest absolute Gasteiger partial charge is 0.224 e. The topological polar surface area (TPSA) is 68.3 Å². The number of aromatic nitrogens is 2. The van der Waals surface area contributed by atoms with Crippen molar-refractivity contribution in [2.75, 3.05) is 38.0 Å². The molecule has 0 saturated heterocycles. The predicted octanol–water partition coefficient (Wildman–Crippen LogP) is 2.16. The number of hydrogen-bond acceptors (Lipinski definition) is 6. The Bertz CT molecular complexity index is 563. The number of anilines is 2. The highest BCUT2D eigenvalue weighted by atomic mass is 16.5. The standard InChI is InChI=1S/C15H20N4O2/c1-20-10-9-16-14-7-8-17-15(19-14)18-11-12-5-3-4-6-13(12)21-2/h3-8H,9-11H2,1-2H3,(H2,16,17,18,19). The molecular formula is C15H20N4O2. The summed E-state index contributed by atoms with van der Waals surface area (Å²) in [6.07, 6.45) is 1.71. The first kappa shape index (κ1) is 15.1. The summed E-state index contributed by atoms with van der Waals surface area (Å²) in [6.45, 7) is 1.94.